The van der Waals surface area contributed by atoms with Gasteiger partial charge in [0.25, 0.3) is 0 Å². The number of imidazole rings is 3. The molecule has 10 N–H and O–H groups in total. The number of hydrogen-bond donors (Lipinski definition) is 9. The number of aromatic nitrogens is 12. The molecule has 3 saturated heterocycles. The maximum Gasteiger partial charge on any atom is 0.250 e. The first-order chi connectivity index (χ1) is 38.9. The lowest BCUT2D eigenvalue weighted by Crippen LogP contribution is -2.35. The van der Waals surface area contributed by atoms with Gasteiger partial charge in [-0.2, -0.15) is 5.10 Å². The average Bonchev–Trinajstić information content (AvgIpc) is 4.41. The molecule has 3 aliphatic rings. The van der Waals surface area contributed by atoms with Crippen LogP contribution in [0.5, 0.6) is 0 Å². The van der Waals surface area contributed by atoms with E-state index in [4.69, 9.17) is 20.7 Å². The summed E-state index contributed by atoms with van der Waals surface area (Å²) < 4.78 is 6.02. The molecule has 0 saturated carbocycles. The molecule has 3 fully saturated rings. The molecule has 0 bridgehead atoms. The van der Waals surface area contributed by atoms with Crippen molar-refractivity contribution in [2.75, 3.05) is 55.2 Å². The van der Waals surface area contributed by atoms with Crippen molar-refractivity contribution in [1.82, 2.24) is 74.2 Å². The van der Waals surface area contributed by atoms with E-state index in [9.17, 15) is 4.79 Å². The van der Waals surface area contributed by atoms with E-state index >= 15 is 0 Å². The number of piperidine rings is 3. The number of hydrogen-bond acceptors (Lipinski definition) is 14. The fourth-order valence-corrected chi connectivity index (χ4v) is 10.4. The smallest absolute Gasteiger partial charge is 0.250 e. The molecule has 0 spiro atoms. The van der Waals surface area contributed by atoms with Crippen LogP contribution in [0.25, 0.3) is 73.6 Å². The summed E-state index contributed by atoms with van der Waals surface area (Å²) in [6.45, 7) is 6.29. The predicted octanol–water partition coefficient (Wildman–Crippen LogP) is 8.16. The SMILES string of the molecule is NC(=O)c1ccc2ncc(-c3cccc(NC4CCNCC4)n3)n2c1.c1cc(NC2CCNCC2)nc(-c2cnc3ccc(-c4ccc[nH]4)cn23)c1.c1cc(NC2CCNCC2)nc(-c2cnc3ccc(-c4ccn[nH]4)cn23)c1. The topological polar surface area (TPSA) is 250 Å². The molecule has 11 aromatic heterocycles. The summed E-state index contributed by atoms with van der Waals surface area (Å²) in [6.07, 6.45) is 21.8. The number of nitrogens with one attached hydrogen (secondary N) is 8. The van der Waals surface area contributed by atoms with Crippen LogP contribution in [0, 0.1) is 0 Å². The highest BCUT2D eigenvalue weighted by molar-refractivity contribution is 5.93. The van der Waals surface area contributed by atoms with Gasteiger partial charge in [-0.1, -0.05) is 18.2 Å². The van der Waals surface area contributed by atoms with Crippen LogP contribution >= 0.6 is 0 Å². The zero-order valence-corrected chi connectivity index (χ0v) is 43.7. The summed E-state index contributed by atoms with van der Waals surface area (Å²) in [7, 11) is 0. The van der Waals surface area contributed by atoms with Crippen LogP contribution in [0.15, 0.2) is 159 Å². The second kappa shape index (κ2) is 23.6. The average molecular weight is 1050 g/mol. The van der Waals surface area contributed by atoms with Crippen LogP contribution < -0.4 is 37.6 Å². The molecule has 0 aliphatic carbocycles. The van der Waals surface area contributed by atoms with Crippen molar-refractivity contribution in [3.8, 4) is 56.7 Å². The first kappa shape index (κ1) is 50.6. The van der Waals surface area contributed by atoms with Crippen molar-refractivity contribution in [3.05, 3.63) is 164 Å². The second-order valence-corrected chi connectivity index (χ2v) is 20.0. The first-order valence-electron chi connectivity index (χ1n) is 27.1. The molecule has 79 heavy (non-hydrogen) atoms. The molecule has 0 atom stereocenters. The summed E-state index contributed by atoms with van der Waals surface area (Å²) in [5.74, 6) is 2.23. The lowest BCUT2D eigenvalue weighted by atomic mass is 10.1. The van der Waals surface area contributed by atoms with Crippen molar-refractivity contribution in [2.24, 2.45) is 5.73 Å². The van der Waals surface area contributed by atoms with Gasteiger partial charge in [-0.05, 0) is 169 Å². The number of amides is 1. The van der Waals surface area contributed by atoms with Gasteiger partial charge >= 0.3 is 0 Å². The number of anilines is 3. The molecule has 14 rings (SSSR count). The van der Waals surface area contributed by atoms with Crippen molar-refractivity contribution in [3.63, 3.8) is 0 Å². The normalized spacial score (nSPS) is 15.3. The Morgan fingerprint density at radius 2 is 0.911 bits per heavy atom. The van der Waals surface area contributed by atoms with Gasteiger partial charge in [-0.25, -0.2) is 29.9 Å². The molecule has 0 radical (unpaired) electrons. The molecule has 1 amide bonds. The number of aromatic amines is 2. The van der Waals surface area contributed by atoms with Crippen molar-refractivity contribution < 1.29 is 4.79 Å². The molecule has 0 unspecified atom stereocenters. The minimum absolute atomic E-state index is 0.438. The van der Waals surface area contributed by atoms with Gasteiger partial charge in [-0.15, -0.1) is 0 Å². The second-order valence-electron chi connectivity index (χ2n) is 20.0. The molecule has 20 nitrogen and oxygen atoms in total. The Balaban J connectivity index is 0.000000118. The van der Waals surface area contributed by atoms with E-state index < -0.39 is 5.91 Å². The molecule has 400 valence electrons. The van der Waals surface area contributed by atoms with E-state index in [0.29, 0.717) is 23.7 Å². The number of fused-ring (bicyclic) bond motifs is 3. The third kappa shape index (κ3) is 11.9. The third-order valence-corrected chi connectivity index (χ3v) is 14.6. The fourth-order valence-electron chi connectivity index (χ4n) is 10.4. The monoisotopic (exact) mass is 1050 g/mol. The Morgan fingerprint density at radius 3 is 1.32 bits per heavy atom. The number of H-pyrrole nitrogens is 2. The van der Waals surface area contributed by atoms with Crippen LogP contribution in [-0.4, -0.2) is 122 Å². The summed E-state index contributed by atoms with van der Waals surface area (Å²) in [4.78, 5) is 42.6. The van der Waals surface area contributed by atoms with Crippen molar-refractivity contribution in [2.45, 2.75) is 56.7 Å². The van der Waals surface area contributed by atoms with E-state index in [1.165, 1.54) is 0 Å². The van der Waals surface area contributed by atoms with Gasteiger partial charge in [-0.3, -0.25) is 23.1 Å². The van der Waals surface area contributed by atoms with Crippen molar-refractivity contribution >= 4 is 40.3 Å². The maximum absolute atomic E-state index is 11.4. The maximum atomic E-state index is 11.4. The number of carbonyl (C=O) groups excluding carboxylic acids is 1. The fraction of sp³-hybridized carbons (Fsp3) is 0.254. The number of pyridine rings is 6. The lowest BCUT2D eigenvalue weighted by molar-refractivity contribution is 0.1000. The van der Waals surface area contributed by atoms with E-state index in [-0.39, 0.29) is 0 Å². The predicted molar refractivity (Wildman–Crippen MR) is 310 cm³/mol. The number of nitrogens with zero attached hydrogens (tertiary/aromatic N) is 10. The van der Waals surface area contributed by atoms with E-state index in [0.717, 1.165) is 169 Å². The molecule has 20 heteroatoms. The standard InChI is InChI=1S/C21H22N6.C20H21N7.C18H20N6O/c1-3-18(26-20(5-1)25-16-8-11-22-12-9-16)19-13-24-21-7-6-15(14-27(19)21)17-4-2-10-23-17;1-2-17(25-19(3-1)24-15-6-9-21-10-7-15)18-12-22-20-5-4-14(13-27(18)20)16-8-11-23-26-16;19-18(25)12-4-5-17-21-10-15(24(17)11-12)14-2-1-3-16(23-14)22-13-6-8-20-9-7-13/h1-7,10,13-14,16,22-23H,8-9,11-12H2,(H,25,26);1-5,8,11-13,15,21H,6-7,9-10H2,(H,23,26)(H,24,25);1-5,10-11,13,20H,6-9H2,(H2,19,25)(H,22,23). The summed E-state index contributed by atoms with van der Waals surface area (Å²) in [5, 5.41) is 27.9. The highest BCUT2D eigenvalue weighted by Gasteiger charge is 2.18. The Kier molecular flexibility index (Phi) is 15.1. The number of carbonyl (C=O) groups is 1. The van der Waals surface area contributed by atoms with E-state index in [1.54, 1.807) is 30.7 Å². The highest BCUT2D eigenvalue weighted by Crippen LogP contribution is 2.28. The highest BCUT2D eigenvalue weighted by atomic mass is 16.1. The summed E-state index contributed by atoms with van der Waals surface area (Å²) in [5.41, 5.74) is 18.1. The van der Waals surface area contributed by atoms with E-state index in [2.05, 4.69) is 101 Å². The summed E-state index contributed by atoms with van der Waals surface area (Å²) in [6, 6.07) is 37.2. The number of primary amides is 1. The Labute approximate surface area is 456 Å². The number of nitrogens with two attached hydrogens (primary N) is 1. The quantitative estimate of drug-likeness (QED) is 0.0560. The number of rotatable bonds is 12. The van der Waals surface area contributed by atoms with Crippen LogP contribution in [-0.2, 0) is 0 Å². The van der Waals surface area contributed by atoms with Gasteiger partial charge in [0.15, 0.2) is 0 Å². The Bertz CT molecular complexity index is 3620. The van der Waals surface area contributed by atoms with E-state index in [1.807, 2.05) is 102 Å². The van der Waals surface area contributed by atoms with Gasteiger partial charge in [0.1, 0.15) is 34.4 Å². The van der Waals surface area contributed by atoms with Crippen LogP contribution in [0.2, 0.25) is 0 Å². The zero-order valence-electron chi connectivity index (χ0n) is 43.7. The Hall–Kier alpha value is -9.24. The molecular weight excluding hydrogens is 991 g/mol. The zero-order chi connectivity index (χ0) is 53.3. The van der Waals surface area contributed by atoms with Gasteiger partial charge in [0, 0.05) is 65.9 Å². The van der Waals surface area contributed by atoms with Crippen LogP contribution in [0.4, 0.5) is 17.5 Å². The third-order valence-electron chi connectivity index (χ3n) is 14.6. The lowest BCUT2D eigenvalue weighted by Gasteiger charge is -2.24. The van der Waals surface area contributed by atoms with Gasteiger partial charge in [0.05, 0.1) is 64.0 Å². The van der Waals surface area contributed by atoms with Gasteiger partial charge < -0.3 is 42.6 Å². The molecular formula is C59H63N19O. The molecule has 14 heterocycles. The van der Waals surface area contributed by atoms with Crippen LogP contribution in [0.3, 0.4) is 0 Å². The first-order valence-corrected chi connectivity index (χ1v) is 27.1. The summed E-state index contributed by atoms with van der Waals surface area (Å²) >= 11 is 0. The molecule has 3 aliphatic heterocycles. The van der Waals surface area contributed by atoms with Gasteiger partial charge in [0.2, 0.25) is 5.91 Å². The minimum Gasteiger partial charge on any atom is -0.367 e. The molecule has 0 aromatic carbocycles. The Morgan fingerprint density at radius 1 is 0.481 bits per heavy atom. The largest absolute Gasteiger partial charge is 0.367 e. The van der Waals surface area contributed by atoms with Crippen LogP contribution in [0.1, 0.15) is 48.9 Å². The minimum atomic E-state index is -0.462. The molecule has 11 aromatic rings. The van der Waals surface area contributed by atoms with Crippen molar-refractivity contribution in [1.29, 1.82) is 0 Å².